The molecule has 0 aliphatic rings. The average Bonchev–Trinajstić information content (AvgIpc) is 3.03. The SMILES string of the molecule is Cc1ccc(NC(=O)Cc2nc(COc3ccccc3I)cs2)cc1. The van der Waals surface area contributed by atoms with E-state index in [9.17, 15) is 4.79 Å². The third-order valence-corrected chi connectivity index (χ3v) is 5.25. The number of aromatic nitrogens is 1. The summed E-state index contributed by atoms with van der Waals surface area (Å²) in [6.45, 7) is 2.41. The topological polar surface area (TPSA) is 51.2 Å². The maximum Gasteiger partial charge on any atom is 0.231 e. The molecule has 1 aromatic heterocycles. The number of carbonyl (C=O) groups is 1. The Morgan fingerprint density at radius 1 is 1.20 bits per heavy atom. The van der Waals surface area contributed by atoms with Gasteiger partial charge in [-0.1, -0.05) is 29.8 Å². The first-order valence-electron chi connectivity index (χ1n) is 7.77. The Hall–Kier alpha value is -1.93. The number of benzene rings is 2. The van der Waals surface area contributed by atoms with E-state index in [4.69, 9.17) is 4.74 Å². The summed E-state index contributed by atoms with van der Waals surface area (Å²) in [4.78, 5) is 16.6. The first-order valence-corrected chi connectivity index (χ1v) is 9.73. The molecule has 2 aromatic carbocycles. The van der Waals surface area contributed by atoms with Gasteiger partial charge in [0.25, 0.3) is 0 Å². The smallest absolute Gasteiger partial charge is 0.231 e. The van der Waals surface area contributed by atoms with Gasteiger partial charge < -0.3 is 10.1 Å². The number of amides is 1. The van der Waals surface area contributed by atoms with E-state index in [-0.39, 0.29) is 12.3 Å². The van der Waals surface area contributed by atoms with Crippen LogP contribution in [0.4, 0.5) is 5.69 Å². The predicted octanol–water partition coefficient (Wildman–Crippen LogP) is 4.82. The molecule has 0 saturated carbocycles. The van der Waals surface area contributed by atoms with E-state index in [0.29, 0.717) is 6.61 Å². The van der Waals surface area contributed by atoms with Gasteiger partial charge in [-0.15, -0.1) is 11.3 Å². The molecule has 1 amide bonds. The fourth-order valence-electron chi connectivity index (χ4n) is 2.19. The van der Waals surface area contributed by atoms with Crippen LogP contribution in [0, 0.1) is 10.5 Å². The largest absolute Gasteiger partial charge is 0.486 e. The number of hydrogen-bond acceptors (Lipinski definition) is 4. The monoisotopic (exact) mass is 464 g/mol. The highest BCUT2D eigenvalue weighted by Gasteiger charge is 2.09. The second-order valence-electron chi connectivity index (χ2n) is 5.54. The zero-order valence-corrected chi connectivity index (χ0v) is 16.6. The molecule has 6 heteroatoms. The quantitative estimate of drug-likeness (QED) is 0.533. The maximum absolute atomic E-state index is 12.1. The zero-order chi connectivity index (χ0) is 17.6. The first kappa shape index (κ1) is 17.9. The molecule has 25 heavy (non-hydrogen) atoms. The molecule has 0 aliphatic heterocycles. The van der Waals surface area contributed by atoms with Crippen molar-refractivity contribution in [2.24, 2.45) is 0 Å². The van der Waals surface area contributed by atoms with Gasteiger partial charge >= 0.3 is 0 Å². The van der Waals surface area contributed by atoms with E-state index in [1.54, 1.807) is 0 Å². The first-order chi connectivity index (χ1) is 12.1. The van der Waals surface area contributed by atoms with Gasteiger partial charge in [0.05, 0.1) is 15.7 Å². The second-order valence-corrected chi connectivity index (χ2v) is 7.65. The van der Waals surface area contributed by atoms with Crippen LogP contribution in [0.3, 0.4) is 0 Å². The molecule has 3 rings (SSSR count). The van der Waals surface area contributed by atoms with Gasteiger partial charge in [0, 0.05) is 11.1 Å². The molecule has 0 atom stereocenters. The molecule has 0 spiro atoms. The summed E-state index contributed by atoms with van der Waals surface area (Å²) >= 11 is 3.72. The van der Waals surface area contributed by atoms with Crippen molar-refractivity contribution in [1.29, 1.82) is 0 Å². The van der Waals surface area contributed by atoms with E-state index in [1.807, 2.05) is 60.8 Å². The highest BCUT2D eigenvalue weighted by Crippen LogP contribution is 2.21. The Kier molecular flexibility index (Phi) is 6.04. The van der Waals surface area contributed by atoms with Gasteiger partial charge in [0.1, 0.15) is 17.4 Å². The molecule has 0 aliphatic carbocycles. The maximum atomic E-state index is 12.1. The summed E-state index contributed by atoms with van der Waals surface area (Å²) in [6.07, 6.45) is 0.265. The van der Waals surface area contributed by atoms with Gasteiger partial charge in [-0.25, -0.2) is 4.98 Å². The van der Waals surface area contributed by atoms with Crippen LogP contribution in [-0.2, 0) is 17.8 Å². The predicted molar refractivity (Wildman–Crippen MR) is 109 cm³/mol. The van der Waals surface area contributed by atoms with Gasteiger partial charge in [0.2, 0.25) is 5.91 Å². The lowest BCUT2D eigenvalue weighted by atomic mass is 10.2. The molecule has 0 bridgehead atoms. The van der Waals surface area contributed by atoms with Crippen LogP contribution in [0.1, 0.15) is 16.3 Å². The van der Waals surface area contributed by atoms with E-state index in [2.05, 4.69) is 32.9 Å². The van der Waals surface area contributed by atoms with Crippen LogP contribution in [0.2, 0.25) is 0 Å². The van der Waals surface area contributed by atoms with Gasteiger partial charge in [-0.2, -0.15) is 0 Å². The van der Waals surface area contributed by atoms with Crippen LogP contribution < -0.4 is 10.1 Å². The van der Waals surface area contributed by atoms with Crippen molar-refractivity contribution >= 4 is 45.5 Å². The normalized spacial score (nSPS) is 10.5. The zero-order valence-electron chi connectivity index (χ0n) is 13.7. The van der Waals surface area contributed by atoms with Crippen molar-refractivity contribution < 1.29 is 9.53 Å². The summed E-state index contributed by atoms with van der Waals surface area (Å²) in [5, 5.41) is 5.61. The number of aryl methyl sites for hydroxylation is 1. The highest BCUT2D eigenvalue weighted by molar-refractivity contribution is 14.1. The second kappa shape index (κ2) is 8.44. The molecule has 0 fully saturated rings. The number of nitrogens with zero attached hydrogens (tertiary/aromatic N) is 1. The minimum atomic E-state index is -0.0664. The highest BCUT2D eigenvalue weighted by atomic mass is 127. The van der Waals surface area contributed by atoms with Crippen LogP contribution in [0.15, 0.2) is 53.9 Å². The molecule has 4 nitrogen and oxygen atoms in total. The van der Waals surface area contributed by atoms with Crippen molar-refractivity contribution in [2.75, 3.05) is 5.32 Å². The van der Waals surface area contributed by atoms with Crippen molar-refractivity contribution in [2.45, 2.75) is 20.0 Å². The Labute approximate surface area is 164 Å². The number of thiazole rings is 1. The number of anilines is 1. The number of rotatable bonds is 6. The van der Waals surface area contributed by atoms with Crippen molar-refractivity contribution in [3.63, 3.8) is 0 Å². The Morgan fingerprint density at radius 3 is 2.72 bits per heavy atom. The summed E-state index contributed by atoms with van der Waals surface area (Å²) in [6, 6.07) is 15.6. The number of ether oxygens (including phenoxy) is 1. The lowest BCUT2D eigenvalue weighted by Gasteiger charge is -2.06. The number of para-hydroxylation sites is 1. The van der Waals surface area contributed by atoms with Crippen LogP contribution in [0.25, 0.3) is 0 Å². The third kappa shape index (κ3) is 5.27. The number of hydrogen-bond donors (Lipinski definition) is 1. The van der Waals surface area contributed by atoms with E-state index in [1.165, 1.54) is 11.3 Å². The Balaban J connectivity index is 1.53. The van der Waals surface area contributed by atoms with Gasteiger partial charge in [-0.05, 0) is 53.8 Å². The van der Waals surface area contributed by atoms with Gasteiger partial charge in [0.15, 0.2) is 0 Å². The molecule has 128 valence electrons. The summed E-state index contributed by atoms with van der Waals surface area (Å²) in [5.41, 5.74) is 2.80. The molecule has 1 heterocycles. The number of halogens is 1. The standard InChI is InChI=1S/C19H17IN2O2S/c1-13-6-8-14(9-7-13)21-18(23)10-19-22-15(12-25-19)11-24-17-5-3-2-4-16(17)20/h2-9,12H,10-11H2,1H3,(H,21,23). The summed E-state index contributed by atoms with van der Waals surface area (Å²) < 4.78 is 6.85. The molecule has 0 saturated heterocycles. The summed E-state index contributed by atoms with van der Waals surface area (Å²) in [5.74, 6) is 0.776. The van der Waals surface area contributed by atoms with Crippen LogP contribution >= 0.6 is 33.9 Å². The average molecular weight is 464 g/mol. The van der Waals surface area contributed by atoms with E-state index in [0.717, 1.165) is 31.3 Å². The third-order valence-electron chi connectivity index (χ3n) is 3.46. The lowest BCUT2D eigenvalue weighted by molar-refractivity contribution is -0.115. The molecular weight excluding hydrogens is 447 g/mol. The van der Waals surface area contributed by atoms with Crippen molar-refractivity contribution in [3.8, 4) is 5.75 Å². The molecular formula is C19H17IN2O2S. The number of nitrogens with one attached hydrogen (secondary N) is 1. The summed E-state index contributed by atoms with van der Waals surface area (Å²) in [7, 11) is 0. The Morgan fingerprint density at radius 2 is 1.96 bits per heavy atom. The number of carbonyl (C=O) groups excluding carboxylic acids is 1. The molecule has 3 aromatic rings. The molecule has 1 N–H and O–H groups in total. The van der Waals surface area contributed by atoms with Crippen molar-refractivity contribution in [3.05, 3.63) is 73.7 Å². The van der Waals surface area contributed by atoms with E-state index >= 15 is 0 Å². The minimum absolute atomic E-state index is 0.0664. The van der Waals surface area contributed by atoms with Crippen molar-refractivity contribution in [1.82, 2.24) is 4.98 Å². The van der Waals surface area contributed by atoms with Crippen LogP contribution in [0.5, 0.6) is 5.75 Å². The van der Waals surface area contributed by atoms with E-state index < -0.39 is 0 Å². The molecule has 0 radical (unpaired) electrons. The fourth-order valence-corrected chi connectivity index (χ4v) is 3.51. The fraction of sp³-hybridized carbons (Fsp3) is 0.158. The molecule has 0 unspecified atom stereocenters. The minimum Gasteiger partial charge on any atom is -0.486 e. The lowest BCUT2D eigenvalue weighted by Crippen LogP contribution is -2.14. The van der Waals surface area contributed by atoms with Crippen LogP contribution in [-0.4, -0.2) is 10.9 Å². The Bertz CT molecular complexity index is 862. The van der Waals surface area contributed by atoms with Gasteiger partial charge in [-0.3, -0.25) is 4.79 Å².